The van der Waals surface area contributed by atoms with Crippen molar-refractivity contribution in [3.05, 3.63) is 107 Å². The van der Waals surface area contributed by atoms with Crippen LogP contribution in [0.15, 0.2) is 80.6 Å². The summed E-state index contributed by atoms with van der Waals surface area (Å²) in [7, 11) is 1.59. The number of rotatable bonds is 7. The van der Waals surface area contributed by atoms with E-state index in [2.05, 4.69) is 39.2 Å². The first-order valence-corrected chi connectivity index (χ1v) is 14.1. The van der Waals surface area contributed by atoms with Gasteiger partial charge in [-0.15, -0.1) is 6.58 Å². The van der Waals surface area contributed by atoms with Crippen molar-refractivity contribution < 1.29 is 14.3 Å². The number of methoxy groups -OCH3 is 1. The number of hydrogen-bond acceptors (Lipinski definition) is 6. The number of nitrogens with zero attached hydrogens (tertiary/aromatic N) is 3. The highest BCUT2D eigenvalue weighted by Crippen LogP contribution is 2.35. The van der Waals surface area contributed by atoms with Crippen molar-refractivity contribution in [1.82, 2.24) is 9.13 Å². The summed E-state index contributed by atoms with van der Waals surface area (Å²) in [5.41, 5.74) is 4.49. The molecule has 0 amide bonds. The molecule has 4 aromatic rings. The van der Waals surface area contributed by atoms with Crippen LogP contribution in [0.3, 0.4) is 0 Å². The maximum atomic E-state index is 14.1. The van der Waals surface area contributed by atoms with Gasteiger partial charge in [0.1, 0.15) is 5.75 Å². The second-order valence-electron chi connectivity index (χ2n) is 9.11. The summed E-state index contributed by atoms with van der Waals surface area (Å²) in [6.45, 7) is 10.4. The van der Waals surface area contributed by atoms with Crippen LogP contribution in [0.2, 0.25) is 0 Å². The van der Waals surface area contributed by atoms with Gasteiger partial charge in [0.15, 0.2) is 4.80 Å². The van der Waals surface area contributed by atoms with Crippen LogP contribution in [0.5, 0.6) is 5.75 Å². The number of para-hydroxylation sites is 1. The molecule has 0 aliphatic carbocycles. The molecule has 0 bridgehead atoms. The molecule has 5 rings (SSSR count). The molecule has 0 spiro atoms. The number of carbonyl (C=O) groups is 1. The van der Waals surface area contributed by atoms with Crippen LogP contribution in [0.1, 0.15) is 36.7 Å². The summed E-state index contributed by atoms with van der Waals surface area (Å²) in [6.07, 6.45) is 3.80. The minimum absolute atomic E-state index is 0.215. The van der Waals surface area contributed by atoms with E-state index in [1.807, 2.05) is 49.4 Å². The Morgan fingerprint density at radius 1 is 1.23 bits per heavy atom. The van der Waals surface area contributed by atoms with Crippen LogP contribution in [0.25, 0.3) is 17.0 Å². The van der Waals surface area contributed by atoms with Gasteiger partial charge in [0, 0.05) is 28.7 Å². The molecule has 0 saturated carbocycles. The first kappa shape index (κ1) is 26.9. The molecule has 2 aromatic carbocycles. The molecule has 1 aliphatic heterocycles. The molecule has 0 radical (unpaired) electrons. The van der Waals surface area contributed by atoms with Gasteiger partial charge in [-0.05, 0) is 66.5 Å². The van der Waals surface area contributed by atoms with Crippen LogP contribution in [-0.4, -0.2) is 28.8 Å². The Morgan fingerprint density at radius 3 is 2.69 bits per heavy atom. The van der Waals surface area contributed by atoms with Gasteiger partial charge in [-0.25, -0.2) is 9.79 Å². The fourth-order valence-electron chi connectivity index (χ4n) is 5.10. The van der Waals surface area contributed by atoms with Crippen LogP contribution in [0, 0.1) is 6.92 Å². The number of allylic oxidation sites excluding steroid dienone is 2. The molecular weight excluding hydrogens is 578 g/mol. The maximum Gasteiger partial charge on any atom is 0.338 e. The van der Waals surface area contributed by atoms with E-state index in [-0.39, 0.29) is 12.2 Å². The van der Waals surface area contributed by atoms with Crippen LogP contribution >= 0.6 is 27.3 Å². The Hall–Kier alpha value is -3.69. The molecule has 1 aliphatic rings. The summed E-state index contributed by atoms with van der Waals surface area (Å²) in [6, 6.07) is 13.0. The highest BCUT2D eigenvalue weighted by Gasteiger charge is 2.33. The van der Waals surface area contributed by atoms with E-state index in [4.69, 9.17) is 14.5 Å². The van der Waals surface area contributed by atoms with Crippen molar-refractivity contribution in [2.45, 2.75) is 33.4 Å². The number of carbonyl (C=O) groups excluding carboxylic acids is 1. The topological polar surface area (TPSA) is 74.8 Å². The number of fused-ring (bicyclic) bond motifs is 2. The lowest BCUT2D eigenvalue weighted by Crippen LogP contribution is -2.40. The lowest BCUT2D eigenvalue weighted by Gasteiger charge is -2.25. The average molecular weight is 607 g/mol. The molecule has 1 atom stereocenters. The summed E-state index contributed by atoms with van der Waals surface area (Å²) < 4.78 is 15.8. The van der Waals surface area contributed by atoms with Crippen LogP contribution in [-0.2, 0) is 16.1 Å². The number of esters is 1. The predicted molar refractivity (Wildman–Crippen MR) is 158 cm³/mol. The maximum absolute atomic E-state index is 14.1. The zero-order chi connectivity index (χ0) is 27.8. The molecule has 1 unspecified atom stereocenters. The van der Waals surface area contributed by atoms with E-state index in [0.717, 1.165) is 27.7 Å². The fourth-order valence-corrected chi connectivity index (χ4v) is 6.68. The number of halogens is 1. The van der Waals surface area contributed by atoms with Crippen molar-refractivity contribution >= 4 is 50.2 Å². The molecule has 200 valence electrons. The minimum Gasteiger partial charge on any atom is -0.496 e. The predicted octanol–water partition coefficient (Wildman–Crippen LogP) is 5.02. The van der Waals surface area contributed by atoms with E-state index in [9.17, 15) is 9.59 Å². The molecule has 39 heavy (non-hydrogen) atoms. The number of thiazole rings is 1. The zero-order valence-electron chi connectivity index (χ0n) is 22.2. The third kappa shape index (κ3) is 4.59. The van der Waals surface area contributed by atoms with Gasteiger partial charge in [0.25, 0.3) is 5.56 Å². The summed E-state index contributed by atoms with van der Waals surface area (Å²) >= 11 is 4.86. The first-order valence-electron chi connectivity index (χ1n) is 12.5. The van der Waals surface area contributed by atoms with E-state index in [1.165, 1.54) is 11.3 Å². The number of benzene rings is 2. The molecule has 9 heteroatoms. The van der Waals surface area contributed by atoms with Crippen molar-refractivity contribution in [3.8, 4) is 5.75 Å². The van der Waals surface area contributed by atoms with Gasteiger partial charge in [-0.3, -0.25) is 9.36 Å². The standard InChI is InChI=1S/C30H28BrN3O4S/c1-6-14-33-18(4)21(20-10-8-9-11-23(20)33)16-25-28(35)34-27(19-12-13-24(37-5)22(31)15-19)26(29(36)38-7-2)17(3)32-30(34)39-25/h6,8-13,15-16,27H,1,7,14H2,2-5H3/b25-16+. The van der Waals surface area contributed by atoms with E-state index in [1.54, 1.807) is 25.5 Å². The Bertz CT molecular complexity index is 1840. The smallest absolute Gasteiger partial charge is 0.338 e. The van der Waals surface area contributed by atoms with Crippen molar-refractivity contribution in [2.24, 2.45) is 4.99 Å². The molecule has 2 aromatic heterocycles. The van der Waals surface area contributed by atoms with Crippen molar-refractivity contribution in [2.75, 3.05) is 13.7 Å². The Balaban J connectivity index is 1.77. The molecule has 7 nitrogen and oxygen atoms in total. The second kappa shape index (κ2) is 10.8. The van der Waals surface area contributed by atoms with Gasteiger partial charge in [0.05, 0.1) is 40.0 Å². The highest BCUT2D eigenvalue weighted by atomic mass is 79.9. The van der Waals surface area contributed by atoms with Crippen LogP contribution < -0.4 is 19.6 Å². The number of ether oxygens (including phenoxy) is 2. The molecule has 0 N–H and O–H groups in total. The third-order valence-electron chi connectivity index (χ3n) is 6.88. The number of hydrogen-bond donors (Lipinski definition) is 0. The Labute approximate surface area is 238 Å². The lowest BCUT2D eigenvalue weighted by molar-refractivity contribution is -0.139. The largest absolute Gasteiger partial charge is 0.496 e. The molecular formula is C30H28BrN3O4S. The summed E-state index contributed by atoms with van der Waals surface area (Å²) in [5.74, 6) is 0.157. The molecule has 0 saturated heterocycles. The summed E-state index contributed by atoms with van der Waals surface area (Å²) in [5, 5.41) is 1.06. The second-order valence-corrected chi connectivity index (χ2v) is 11.0. The quantitative estimate of drug-likeness (QED) is 0.219. The SMILES string of the molecule is C=CCn1c(C)c(/C=c2/sc3n(c2=O)C(c2ccc(OC)c(Br)c2)C(C(=O)OCC)=C(C)N=3)c2ccccc21. The molecule has 0 fully saturated rings. The Morgan fingerprint density at radius 2 is 2.00 bits per heavy atom. The minimum atomic E-state index is -0.701. The van der Waals surface area contributed by atoms with Gasteiger partial charge >= 0.3 is 5.97 Å². The average Bonchev–Trinajstić information content (AvgIpc) is 3.36. The normalized spacial score (nSPS) is 15.3. The highest BCUT2D eigenvalue weighted by molar-refractivity contribution is 9.10. The van der Waals surface area contributed by atoms with E-state index < -0.39 is 12.0 Å². The first-order chi connectivity index (χ1) is 18.8. The van der Waals surface area contributed by atoms with E-state index in [0.29, 0.717) is 37.4 Å². The lowest BCUT2D eigenvalue weighted by atomic mass is 9.96. The zero-order valence-corrected chi connectivity index (χ0v) is 24.6. The van der Waals surface area contributed by atoms with Gasteiger partial charge in [-0.1, -0.05) is 41.7 Å². The van der Waals surface area contributed by atoms with Gasteiger partial charge < -0.3 is 14.0 Å². The van der Waals surface area contributed by atoms with Crippen molar-refractivity contribution in [1.29, 1.82) is 0 Å². The monoisotopic (exact) mass is 605 g/mol. The van der Waals surface area contributed by atoms with Gasteiger partial charge in [-0.2, -0.15) is 0 Å². The third-order valence-corrected chi connectivity index (χ3v) is 8.48. The summed E-state index contributed by atoms with van der Waals surface area (Å²) in [4.78, 5) is 32.5. The van der Waals surface area contributed by atoms with Crippen molar-refractivity contribution in [3.63, 3.8) is 0 Å². The van der Waals surface area contributed by atoms with Gasteiger partial charge in [0.2, 0.25) is 0 Å². The number of aromatic nitrogens is 2. The van der Waals surface area contributed by atoms with E-state index >= 15 is 0 Å². The molecule has 3 heterocycles. The van der Waals surface area contributed by atoms with Crippen LogP contribution in [0.4, 0.5) is 0 Å². The fraction of sp³-hybridized carbons (Fsp3) is 0.233. The Kier molecular flexibility index (Phi) is 7.46.